The largest absolute Gasteiger partial charge is 0.352 e. The van der Waals surface area contributed by atoms with E-state index in [-0.39, 0.29) is 13.1 Å². The van der Waals surface area contributed by atoms with Gasteiger partial charge in [-0.1, -0.05) is 23.2 Å². The normalized spacial score (nSPS) is 15.3. The van der Waals surface area contributed by atoms with Crippen molar-refractivity contribution in [3.05, 3.63) is 70.2 Å². The smallest absolute Gasteiger partial charge is 0.246 e. The zero-order chi connectivity index (χ0) is 22.2. The summed E-state index contributed by atoms with van der Waals surface area (Å²) in [7, 11) is -4.14. The molecule has 0 bridgehead atoms. The molecule has 1 saturated heterocycles. The van der Waals surface area contributed by atoms with E-state index in [9.17, 15) is 17.2 Å². The molecule has 11 heteroatoms. The van der Waals surface area contributed by atoms with Gasteiger partial charge in [0, 0.05) is 36.8 Å². The molecule has 0 N–H and O–H groups in total. The number of halogens is 4. The Bertz CT molecular complexity index is 1220. The number of aromatic nitrogens is 2. The van der Waals surface area contributed by atoms with E-state index in [0.29, 0.717) is 46.3 Å². The molecule has 0 saturated carbocycles. The van der Waals surface area contributed by atoms with Gasteiger partial charge in [0.1, 0.15) is 16.5 Å². The maximum absolute atomic E-state index is 14.0. The number of anilines is 1. The molecule has 2 aromatic carbocycles. The van der Waals surface area contributed by atoms with Crippen molar-refractivity contribution in [2.45, 2.75) is 4.90 Å². The number of rotatable bonds is 4. The highest BCUT2D eigenvalue weighted by molar-refractivity contribution is 7.89. The highest BCUT2D eigenvalue weighted by Gasteiger charge is 2.31. The number of hydrogen-bond donors (Lipinski definition) is 0. The van der Waals surface area contributed by atoms with E-state index in [4.69, 9.17) is 23.2 Å². The van der Waals surface area contributed by atoms with E-state index in [2.05, 4.69) is 10.2 Å². The minimum absolute atomic E-state index is 0.102. The lowest BCUT2D eigenvalue weighted by Crippen LogP contribution is -2.49. The average Bonchev–Trinajstić information content (AvgIpc) is 2.76. The predicted octanol–water partition coefficient (Wildman–Crippen LogP) is 4.24. The van der Waals surface area contributed by atoms with E-state index in [0.717, 1.165) is 16.4 Å². The first-order valence-electron chi connectivity index (χ1n) is 9.25. The molecule has 6 nitrogen and oxygen atoms in total. The highest BCUT2D eigenvalue weighted by atomic mass is 35.5. The zero-order valence-corrected chi connectivity index (χ0v) is 18.3. The first-order valence-corrected chi connectivity index (χ1v) is 11.4. The van der Waals surface area contributed by atoms with E-state index in [1.54, 1.807) is 30.3 Å². The van der Waals surface area contributed by atoms with Crippen LogP contribution in [0.5, 0.6) is 0 Å². The number of benzene rings is 2. The van der Waals surface area contributed by atoms with Gasteiger partial charge in [-0.05, 0) is 48.5 Å². The molecular formula is C20H16Cl2F2N4O2S. The van der Waals surface area contributed by atoms with Gasteiger partial charge in [-0.25, -0.2) is 17.2 Å². The first-order chi connectivity index (χ1) is 14.8. The van der Waals surface area contributed by atoms with Gasteiger partial charge in [0.25, 0.3) is 0 Å². The van der Waals surface area contributed by atoms with Crippen LogP contribution in [0.2, 0.25) is 10.0 Å². The highest BCUT2D eigenvalue weighted by Crippen LogP contribution is 2.29. The maximum Gasteiger partial charge on any atom is 0.246 e. The molecule has 0 amide bonds. The standard InChI is InChI=1S/C20H16Cl2F2N4O2S/c21-13-1-3-15(16(22)11-13)18-5-6-20(26-25-18)27-7-9-28(10-8-27)31(29,30)19-12-14(23)2-4-17(19)24/h1-6,11-12H,7-10H2. The summed E-state index contributed by atoms with van der Waals surface area (Å²) in [4.78, 5) is 1.21. The SMILES string of the molecule is O=S(=O)(c1cc(F)ccc1F)N1CCN(c2ccc(-c3ccc(Cl)cc3Cl)nn2)CC1. The minimum Gasteiger partial charge on any atom is -0.352 e. The van der Waals surface area contributed by atoms with Gasteiger partial charge in [0.05, 0.1) is 10.7 Å². The van der Waals surface area contributed by atoms with Gasteiger partial charge in [-0.15, -0.1) is 10.2 Å². The van der Waals surface area contributed by atoms with Crippen LogP contribution >= 0.6 is 23.2 Å². The van der Waals surface area contributed by atoms with Gasteiger partial charge >= 0.3 is 0 Å². The Balaban J connectivity index is 1.47. The van der Waals surface area contributed by atoms with Gasteiger partial charge < -0.3 is 4.90 Å². The number of sulfonamides is 1. The van der Waals surface area contributed by atoms with Gasteiger partial charge in [0.2, 0.25) is 10.0 Å². The Morgan fingerprint density at radius 3 is 2.26 bits per heavy atom. The molecule has 0 unspecified atom stereocenters. The van der Waals surface area contributed by atoms with Crippen molar-refractivity contribution in [2.24, 2.45) is 0 Å². The molecule has 3 aromatic rings. The van der Waals surface area contributed by atoms with E-state index in [1.165, 1.54) is 0 Å². The summed E-state index contributed by atoms with van der Waals surface area (Å²) in [5.74, 6) is -1.22. The fourth-order valence-corrected chi connectivity index (χ4v) is 5.31. The number of nitrogens with zero attached hydrogens (tertiary/aromatic N) is 4. The van der Waals surface area contributed by atoms with Crippen LogP contribution in [0.1, 0.15) is 0 Å². The zero-order valence-electron chi connectivity index (χ0n) is 16.0. The van der Waals surface area contributed by atoms with Gasteiger partial charge in [-0.3, -0.25) is 0 Å². The number of piperazine rings is 1. The van der Waals surface area contributed by atoms with Crippen molar-refractivity contribution < 1.29 is 17.2 Å². The predicted molar refractivity (Wildman–Crippen MR) is 115 cm³/mol. The van der Waals surface area contributed by atoms with Crippen LogP contribution in [0.4, 0.5) is 14.6 Å². The maximum atomic E-state index is 14.0. The van der Waals surface area contributed by atoms with Crippen molar-refractivity contribution in [1.82, 2.24) is 14.5 Å². The monoisotopic (exact) mass is 484 g/mol. The Labute approximate surface area is 188 Å². The quantitative estimate of drug-likeness (QED) is 0.553. The van der Waals surface area contributed by atoms with Crippen LogP contribution < -0.4 is 4.90 Å². The summed E-state index contributed by atoms with van der Waals surface area (Å²) in [6, 6.07) is 11.0. The molecule has 1 aromatic heterocycles. The summed E-state index contributed by atoms with van der Waals surface area (Å²) < 4.78 is 54.0. The summed E-state index contributed by atoms with van der Waals surface area (Å²) in [6.45, 7) is 0.854. The van der Waals surface area contributed by atoms with Crippen molar-refractivity contribution in [3.63, 3.8) is 0 Å². The topological polar surface area (TPSA) is 66.4 Å². The second-order valence-electron chi connectivity index (χ2n) is 6.87. The van der Waals surface area contributed by atoms with Crippen LogP contribution in [-0.4, -0.2) is 49.1 Å². The second kappa shape index (κ2) is 8.66. The third kappa shape index (κ3) is 4.50. The summed E-state index contributed by atoms with van der Waals surface area (Å²) in [6.07, 6.45) is 0. The molecular weight excluding hydrogens is 469 g/mol. The lowest BCUT2D eigenvalue weighted by atomic mass is 10.1. The molecule has 0 radical (unpaired) electrons. The first kappa shape index (κ1) is 21.9. The van der Waals surface area contributed by atoms with Crippen molar-refractivity contribution in [2.75, 3.05) is 31.1 Å². The third-order valence-corrected chi connectivity index (χ3v) is 7.39. The van der Waals surface area contributed by atoms with Crippen LogP contribution in [-0.2, 0) is 10.0 Å². The van der Waals surface area contributed by atoms with Crippen LogP contribution in [0.15, 0.2) is 53.4 Å². The molecule has 1 fully saturated rings. The summed E-state index contributed by atoms with van der Waals surface area (Å²) in [5.41, 5.74) is 1.27. The summed E-state index contributed by atoms with van der Waals surface area (Å²) >= 11 is 12.1. The molecule has 4 rings (SSSR count). The molecule has 162 valence electrons. The van der Waals surface area contributed by atoms with Crippen molar-refractivity contribution in [1.29, 1.82) is 0 Å². The van der Waals surface area contributed by atoms with Crippen molar-refractivity contribution >= 4 is 39.0 Å². The van der Waals surface area contributed by atoms with Crippen LogP contribution in [0, 0.1) is 11.6 Å². The molecule has 1 aliphatic heterocycles. The molecule has 0 aliphatic carbocycles. The third-order valence-electron chi connectivity index (χ3n) is 4.93. The Hall–Kier alpha value is -2.33. The van der Waals surface area contributed by atoms with Gasteiger partial charge in [0.15, 0.2) is 5.82 Å². The lowest BCUT2D eigenvalue weighted by molar-refractivity contribution is 0.380. The van der Waals surface area contributed by atoms with Crippen molar-refractivity contribution in [3.8, 4) is 11.3 Å². The Kier molecular flexibility index (Phi) is 6.11. The molecule has 0 atom stereocenters. The van der Waals surface area contributed by atoms with Crippen LogP contribution in [0.3, 0.4) is 0 Å². The molecule has 0 spiro atoms. The minimum atomic E-state index is -4.14. The Morgan fingerprint density at radius 1 is 0.871 bits per heavy atom. The molecule has 2 heterocycles. The van der Waals surface area contributed by atoms with Crippen LogP contribution in [0.25, 0.3) is 11.3 Å². The fraction of sp³-hybridized carbons (Fsp3) is 0.200. The second-order valence-corrected chi connectivity index (χ2v) is 9.62. The Morgan fingerprint density at radius 2 is 1.61 bits per heavy atom. The molecule has 31 heavy (non-hydrogen) atoms. The fourth-order valence-electron chi connectivity index (χ4n) is 3.31. The number of hydrogen-bond acceptors (Lipinski definition) is 5. The van der Waals surface area contributed by atoms with E-state index >= 15 is 0 Å². The molecule has 1 aliphatic rings. The van der Waals surface area contributed by atoms with E-state index < -0.39 is 26.6 Å². The summed E-state index contributed by atoms with van der Waals surface area (Å²) in [5, 5.41) is 9.40. The van der Waals surface area contributed by atoms with Gasteiger partial charge in [-0.2, -0.15) is 4.31 Å². The average molecular weight is 485 g/mol. The van der Waals surface area contributed by atoms with E-state index in [1.807, 2.05) is 4.90 Å². The lowest BCUT2D eigenvalue weighted by Gasteiger charge is -2.34.